The molecule has 0 fully saturated rings. The van der Waals surface area contributed by atoms with Gasteiger partial charge in [-0.3, -0.25) is 13.9 Å². The second-order valence-electron chi connectivity index (χ2n) is 7.58. The van der Waals surface area contributed by atoms with Crippen LogP contribution in [0.3, 0.4) is 0 Å². The predicted octanol–water partition coefficient (Wildman–Crippen LogP) is 3.36. The Morgan fingerprint density at radius 1 is 1.09 bits per heavy atom. The first kappa shape index (κ1) is 25.7. The number of carbonyl (C=O) groups excluding carboxylic acids is 2. The minimum absolute atomic E-state index is 0.189. The van der Waals surface area contributed by atoms with Gasteiger partial charge in [0.15, 0.2) is 0 Å². The first-order valence-corrected chi connectivity index (χ1v) is 12.7. The third-order valence-corrected chi connectivity index (χ3v) is 6.36. The van der Waals surface area contributed by atoms with E-state index >= 15 is 0 Å². The Hall–Kier alpha value is -2.58. The number of carbonyl (C=O) groups is 2. The molecular weight excluding hydrogens is 450 g/mol. The van der Waals surface area contributed by atoms with E-state index in [1.807, 2.05) is 45.0 Å². The minimum Gasteiger partial charge on any atom is -0.355 e. The number of sulfonamides is 1. The fraction of sp³-hybridized carbons (Fsp3) is 0.391. The molecule has 2 aromatic rings. The highest BCUT2D eigenvalue weighted by Crippen LogP contribution is 2.22. The van der Waals surface area contributed by atoms with Crippen LogP contribution in [0.4, 0.5) is 5.69 Å². The summed E-state index contributed by atoms with van der Waals surface area (Å²) >= 11 is 5.93. The average molecular weight is 480 g/mol. The van der Waals surface area contributed by atoms with Crippen molar-refractivity contribution in [1.29, 1.82) is 0 Å². The van der Waals surface area contributed by atoms with Crippen molar-refractivity contribution >= 4 is 39.1 Å². The molecule has 2 amide bonds. The van der Waals surface area contributed by atoms with E-state index in [4.69, 9.17) is 11.6 Å². The molecule has 0 saturated heterocycles. The van der Waals surface area contributed by atoms with Crippen LogP contribution in [0.2, 0.25) is 5.02 Å². The van der Waals surface area contributed by atoms with E-state index in [-0.39, 0.29) is 12.5 Å². The van der Waals surface area contributed by atoms with Gasteiger partial charge in [-0.2, -0.15) is 0 Å². The van der Waals surface area contributed by atoms with Crippen LogP contribution in [0.25, 0.3) is 0 Å². The molecule has 0 aliphatic carbocycles. The lowest BCUT2D eigenvalue weighted by Gasteiger charge is -2.32. The van der Waals surface area contributed by atoms with Crippen molar-refractivity contribution in [3.05, 3.63) is 64.7 Å². The van der Waals surface area contributed by atoms with Crippen LogP contribution in [0, 0.1) is 6.92 Å². The van der Waals surface area contributed by atoms with Crippen molar-refractivity contribution in [2.24, 2.45) is 0 Å². The Bertz CT molecular complexity index is 1040. The van der Waals surface area contributed by atoms with Crippen LogP contribution in [0.5, 0.6) is 0 Å². The van der Waals surface area contributed by atoms with E-state index < -0.39 is 28.5 Å². The van der Waals surface area contributed by atoms with E-state index in [9.17, 15) is 18.0 Å². The third kappa shape index (κ3) is 6.97. The Morgan fingerprint density at radius 3 is 2.28 bits per heavy atom. The van der Waals surface area contributed by atoms with Crippen LogP contribution < -0.4 is 9.62 Å². The number of rotatable bonds is 10. The average Bonchev–Trinajstić information content (AvgIpc) is 2.72. The van der Waals surface area contributed by atoms with Crippen molar-refractivity contribution in [1.82, 2.24) is 10.2 Å². The van der Waals surface area contributed by atoms with E-state index in [1.165, 1.54) is 4.90 Å². The molecule has 0 bridgehead atoms. The quantitative estimate of drug-likeness (QED) is 0.566. The largest absolute Gasteiger partial charge is 0.355 e. The predicted molar refractivity (Wildman–Crippen MR) is 128 cm³/mol. The van der Waals surface area contributed by atoms with Crippen LogP contribution >= 0.6 is 11.6 Å². The second-order valence-corrected chi connectivity index (χ2v) is 9.92. The SMILES string of the molecule is CCNC(=O)[C@H](CC)N(Cc1cccc(C)c1)C(=O)CN(c1ccc(Cl)cc1)S(C)(=O)=O. The summed E-state index contributed by atoms with van der Waals surface area (Å²) in [5.74, 6) is -0.738. The summed E-state index contributed by atoms with van der Waals surface area (Å²) in [5, 5.41) is 3.23. The standard InChI is InChI=1S/C23H30ClN3O4S/c1-5-21(23(29)25-6-2)26(15-18-9-7-8-17(3)14-18)22(28)16-27(32(4,30)31)20-12-10-19(24)11-13-20/h7-14,21H,5-6,15-16H2,1-4H3,(H,25,29)/t21-/m0/s1. The molecule has 1 N–H and O–H groups in total. The fourth-order valence-corrected chi connectivity index (χ4v) is 4.42. The maximum Gasteiger partial charge on any atom is 0.244 e. The van der Waals surface area contributed by atoms with E-state index in [0.717, 1.165) is 21.7 Å². The zero-order chi connectivity index (χ0) is 23.9. The third-order valence-electron chi connectivity index (χ3n) is 4.97. The molecule has 2 aromatic carbocycles. The van der Waals surface area contributed by atoms with E-state index in [1.54, 1.807) is 24.3 Å². The smallest absolute Gasteiger partial charge is 0.244 e. The van der Waals surface area contributed by atoms with Gasteiger partial charge in [-0.15, -0.1) is 0 Å². The molecule has 174 valence electrons. The van der Waals surface area contributed by atoms with Crippen LogP contribution in [-0.2, 0) is 26.2 Å². The maximum absolute atomic E-state index is 13.5. The number of benzene rings is 2. The molecule has 0 aromatic heterocycles. The Morgan fingerprint density at radius 2 is 1.75 bits per heavy atom. The molecule has 1 atom stereocenters. The number of aryl methyl sites for hydroxylation is 1. The first-order chi connectivity index (χ1) is 15.1. The summed E-state index contributed by atoms with van der Waals surface area (Å²) in [6, 6.07) is 13.1. The van der Waals surface area contributed by atoms with Crippen molar-refractivity contribution in [3.8, 4) is 0 Å². The maximum atomic E-state index is 13.5. The van der Waals surface area contributed by atoms with Crippen molar-refractivity contribution in [2.45, 2.75) is 39.8 Å². The van der Waals surface area contributed by atoms with Crippen LogP contribution in [0.1, 0.15) is 31.4 Å². The summed E-state index contributed by atoms with van der Waals surface area (Å²) in [7, 11) is -3.76. The molecule has 0 aliphatic heterocycles. The highest BCUT2D eigenvalue weighted by Gasteiger charge is 2.31. The Labute approximate surface area is 195 Å². The topological polar surface area (TPSA) is 86.8 Å². The van der Waals surface area contributed by atoms with Gasteiger partial charge in [0, 0.05) is 18.1 Å². The molecule has 0 aliphatic rings. The Balaban J connectivity index is 2.42. The molecule has 2 rings (SSSR count). The molecule has 32 heavy (non-hydrogen) atoms. The molecule has 9 heteroatoms. The van der Waals surface area contributed by atoms with Gasteiger partial charge in [0.25, 0.3) is 0 Å². The molecule has 7 nitrogen and oxygen atoms in total. The number of hydrogen-bond donors (Lipinski definition) is 1. The van der Waals surface area contributed by atoms with Gasteiger partial charge >= 0.3 is 0 Å². The number of likely N-dealkylation sites (N-methyl/N-ethyl adjacent to an activating group) is 1. The molecule has 0 saturated carbocycles. The summed E-state index contributed by atoms with van der Waals surface area (Å²) in [6.45, 7) is 5.77. The second kappa shape index (κ2) is 11.3. The van der Waals surface area contributed by atoms with Gasteiger partial charge in [-0.05, 0) is 50.1 Å². The number of amides is 2. The fourth-order valence-electron chi connectivity index (χ4n) is 3.44. The number of nitrogens with zero attached hydrogens (tertiary/aromatic N) is 2. The zero-order valence-corrected chi connectivity index (χ0v) is 20.4. The van der Waals surface area contributed by atoms with Gasteiger partial charge in [-0.1, -0.05) is 48.4 Å². The summed E-state index contributed by atoms with van der Waals surface area (Å²) < 4.78 is 26.0. The Kier molecular flexibility index (Phi) is 9.09. The van der Waals surface area contributed by atoms with Gasteiger partial charge in [0.2, 0.25) is 21.8 Å². The molecule has 0 radical (unpaired) electrons. The summed E-state index contributed by atoms with van der Waals surface area (Å²) in [5.41, 5.74) is 2.21. The highest BCUT2D eigenvalue weighted by molar-refractivity contribution is 7.92. The highest BCUT2D eigenvalue weighted by atomic mass is 35.5. The van der Waals surface area contributed by atoms with Gasteiger partial charge < -0.3 is 10.2 Å². The molecule has 0 heterocycles. The zero-order valence-electron chi connectivity index (χ0n) is 18.8. The minimum atomic E-state index is -3.76. The monoisotopic (exact) mass is 479 g/mol. The lowest BCUT2D eigenvalue weighted by Crippen LogP contribution is -2.52. The molecular formula is C23H30ClN3O4S. The van der Waals surface area contributed by atoms with Gasteiger partial charge in [-0.25, -0.2) is 8.42 Å². The first-order valence-electron chi connectivity index (χ1n) is 10.4. The number of nitrogens with one attached hydrogen (secondary N) is 1. The lowest BCUT2D eigenvalue weighted by molar-refractivity contribution is -0.140. The number of halogens is 1. The normalized spacial score (nSPS) is 12.2. The summed E-state index contributed by atoms with van der Waals surface area (Å²) in [4.78, 5) is 27.6. The van der Waals surface area contributed by atoms with Crippen LogP contribution in [0.15, 0.2) is 48.5 Å². The van der Waals surface area contributed by atoms with Crippen molar-refractivity contribution < 1.29 is 18.0 Å². The van der Waals surface area contributed by atoms with E-state index in [0.29, 0.717) is 23.7 Å². The van der Waals surface area contributed by atoms with Gasteiger partial charge in [0.1, 0.15) is 12.6 Å². The number of hydrogen-bond acceptors (Lipinski definition) is 4. The number of anilines is 1. The van der Waals surface area contributed by atoms with E-state index in [2.05, 4.69) is 5.32 Å². The van der Waals surface area contributed by atoms with Crippen molar-refractivity contribution in [3.63, 3.8) is 0 Å². The van der Waals surface area contributed by atoms with Gasteiger partial charge in [0.05, 0.1) is 11.9 Å². The summed E-state index contributed by atoms with van der Waals surface area (Å²) in [6.07, 6.45) is 1.43. The lowest BCUT2D eigenvalue weighted by atomic mass is 10.1. The molecule has 0 unspecified atom stereocenters. The molecule has 0 spiro atoms. The van der Waals surface area contributed by atoms with Crippen molar-refractivity contribution in [2.75, 3.05) is 23.7 Å². The van der Waals surface area contributed by atoms with Crippen LogP contribution in [-0.4, -0.2) is 50.5 Å².